The second kappa shape index (κ2) is 6.34. The SMILES string of the molecule is COc1cc(SC)c(OC)c(C2CCNCC2)c1. The zero-order valence-corrected chi connectivity index (χ0v) is 12.1. The minimum absolute atomic E-state index is 0.571. The van der Waals surface area contributed by atoms with Crippen LogP contribution in [0.25, 0.3) is 0 Å². The Balaban J connectivity index is 2.41. The Hall–Kier alpha value is -0.870. The standard InChI is InChI=1S/C14H21NO2S/c1-16-11-8-12(10-4-6-15-7-5-10)14(17-2)13(9-11)18-3/h8-10,15H,4-7H2,1-3H3. The Morgan fingerprint density at radius 2 is 1.89 bits per heavy atom. The number of thioether (sulfide) groups is 1. The van der Waals surface area contributed by atoms with Crippen LogP contribution in [0.15, 0.2) is 17.0 Å². The van der Waals surface area contributed by atoms with Gasteiger partial charge in [-0.25, -0.2) is 0 Å². The zero-order chi connectivity index (χ0) is 13.0. The van der Waals surface area contributed by atoms with Gasteiger partial charge in [-0.3, -0.25) is 0 Å². The Morgan fingerprint density at radius 1 is 1.17 bits per heavy atom. The molecule has 4 heteroatoms. The smallest absolute Gasteiger partial charge is 0.136 e. The molecule has 1 aliphatic heterocycles. The molecule has 0 saturated carbocycles. The second-order valence-electron chi connectivity index (χ2n) is 4.48. The number of methoxy groups -OCH3 is 2. The topological polar surface area (TPSA) is 30.5 Å². The molecule has 1 aromatic carbocycles. The number of piperidine rings is 1. The molecule has 18 heavy (non-hydrogen) atoms. The van der Waals surface area contributed by atoms with Gasteiger partial charge in [-0.05, 0) is 50.2 Å². The van der Waals surface area contributed by atoms with E-state index in [1.54, 1.807) is 26.0 Å². The molecule has 0 bridgehead atoms. The first kappa shape index (κ1) is 13.6. The Bertz CT molecular complexity index is 403. The largest absolute Gasteiger partial charge is 0.497 e. The lowest BCUT2D eigenvalue weighted by molar-refractivity contribution is 0.374. The molecule has 0 atom stereocenters. The molecule has 0 aliphatic carbocycles. The van der Waals surface area contributed by atoms with Gasteiger partial charge in [0, 0.05) is 5.56 Å². The maximum Gasteiger partial charge on any atom is 0.136 e. The Kier molecular flexibility index (Phi) is 4.78. The van der Waals surface area contributed by atoms with Gasteiger partial charge in [0.05, 0.1) is 19.1 Å². The fourth-order valence-corrected chi connectivity index (χ4v) is 3.14. The van der Waals surface area contributed by atoms with Gasteiger partial charge in [0.15, 0.2) is 0 Å². The van der Waals surface area contributed by atoms with E-state index >= 15 is 0 Å². The van der Waals surface area contributed by atoms with Crippen molar-refractivity contribution in [1.29, 1.82) is 0 Å². The normalized spacial score (nSPS) is 16.6. The predicted octanol–water partition coefficient (Wildman–Crippen LogP) is 2.89. The van der Waals surface area contributed by atoms with Crippen LogP contribution in [0, 0.1) is 0 Å². The Morgan fingerprint density at radius 3 is 2.44 bits per heavy atom. The molecule has 0 radical (unpaired) electrons. The van der Waals surface area contributed by atoms with Gasteiger partial charge >= 0.3 is 0 Å². The molecule has 0 amide bonds. The molecular weight excluding hydrogens is 246 g/mol. The van der Waals surface area contributed by atoms with Crippen LogP contribution in [0.5, 0.6) is 11.5 Å². The number of nitrogens with one attached hydrogen (secondary N) is 1. The highest BCUT2D eigenvalue weighted by Gasteiger charge is 2.22. The summed E-state index contributed by atoms with van der Waals surface area (Å²) in [5.41, 5.74) is 1.29. The van der Waals surface area contributed by atoms with E-state index in [0.717, 1.165) is 42.3 Å². The Labute approximate surface area is 113 Å². The van der Waals surface area contributed by atoms with E-state index in [0.29, 0.717) is 5.92 Å². The van der Waals surface area contributed by atoms with Crippen LogP contribution < -0.4 is 14.8 Å². The van der Waals surface area contributed by atoms with Crippen LogP contribution in [0.3, 0.4) is 0 Å². The van der Waals surface area contributed by atoms with Gasteiger partial charge in [0.1, 0.15) is 11.5 Å². The third-order valence-corrected chi connectivity index (χ3v) is 4.24. The van der Waals surface area contributed by atoms with E-state index in [-0.39, 0.29) is 0 Å². The highest BCUT2D eigenvalue weighted by molar-refractivity contribution is 7.98. The quantitative estimate of drug-likeness (QED) is 0.850. The summed E-state index contributed by atoms with van der Waals surface area (Å²) in [5, 5.41) is 3.40. The summed E-state index contributed by atoms with van der Waals surface area (Å²) >= 11 is 1.71. The summed E-state index contributed by atoms with van der Waals surface area (Å²) in [6.07, 6.45) is 4.40. The zero-order valence-electron chi connectivity index (χ0n) is 11.3. The van der Waals surface area contributed by atoms with Gasteiger partial charge in [-0.2, -0.15) is 0 Å². The first-order valence-corrected chi connectivity index (χ1v) is 7.53. The van der Waals surface area contributed by atoms with Crippen LogP contribution in [-0.4, -0.2) is 33.6 Å². The van der Waals surface area contributed by atoms with Crippen molar-refractivity contribution in [3.8, 4) is 11.5 Å². The molecule has 0 aromatic heterocycles. The van der Waals surface area contributed by atoms with Crippen molar-refractivity contribution in [2.24, 2.45) is 0 Å². The first-order valence-electron chi connectivity index (χ1n) is 6.30. The van der Waals surface area contributed by atoms with E-state index in [2.05, 4.69) is 17.6 Å². The summed E-state index contributed by atoms with van der Waals surface area (Å²) in [4.78, 5) is 1.16. The van der Waals surface area contributed by atoms with E-state index in [4.69, 9.17) is 9.47 Å². The lowest BCUT2D eigenvalue weighted by Crippen LogP contribution is -2.26. The van der Waals surface area contributed by atoms with Crippen molar-refractivity contribution >= 4 is 11.8 Å². The number of rotatable bonds is 4. The van der Waals surface area contributed by atoms with E-state index < -0.39 is 0 Å². The summed E-state index contributed by atoms with van der Waals surface area (Å²) < 4.78 is 11.0. The summed E-state index contributed by atoms with van der Waals surface area (Å²) in [6, 6.07) is 4.18. The average molecular weight is 267 g/mol. The summed E-state index contributed by atoms with van der Waals surface area (Å²) in [7, 11) is 3.48. The molecule has 0 unspecified atom stereocenters. The van der Waals surface area contributed by atoms with Gasteiger partial charge in [-0.1, -0.05) is 0 Å². The van der Waals surface area contributed by atoms with Crippen LogP contribution >= 0.6 is 11.8 Å². The fraction of sp³-hybridized carbons (Fsp3) is 0.571. The first-order chi connectivity index (χ1) is 8.80. The average Bonchev–Trinajstić information content (AvgIpc) is 2.46. The number of ether oxygens (including phenoxy) is 2. The van der Waals surface area contributed by atoms with Crippen LogP contribution in [-0.2, 0) is 0 Å². The second-order valence-corrected chi connectivity index (χ2v) is 5.32. The molecule has 1 N–H and O–H groups in total. The maximum atomic E-state index is 5.62. The van der Waals surface area contributed by atoms with Crippen molar-refractivity contribution in [2.75, 3.05) is 33.6 Å². The van der Waals surface area contributed by atoms with E-state index in [1.807, 2.05) is 6.07 Å². The monoisotopic (exact) mass is 267 g/mol. The molecule has 100 valence electrons. The van der Waals surface area contributed by atoms with Gasteiger partial charge < -0.3 is 14.8 Å². The lowest BCUT2D eigenvalue weighted by Gasteiger charge is -2.26. The van der Waals surface area contributed by atoms with E-state index in [9.17, 15) is 0 Å². The number of benzene rings is 1. The van der Waals surface area contributed by atoms with Crippen LogP contribution in [0.4, 0.5) is 0 Å². The molecule has 1 fully saturated rings. The van der Waals surface area contributed by atoms with Crippen LogP contribution in [0.1, 0.15) is 24.3 Å². The molecule has 1 aromatic rings. The summed E-state index contributed by atoms with van der Waals surface area (Å²) in [6.45, 7) is 2.17. The van der Waals surface area contributed by atoms with Gasteiger partial charge in [0.2, 0.25) is 0 Å². The predicted molar refractivity (Wildman–Crippen MR) is 76.2 cm³/mol. The minimum Gasteiger partial charge on any atom is -0.497 e. The van der Waals surface area contributed by atoms with Crippen molar-refractivity contribution in [3.63, 3.8) is 0 Å². The number of hydrogen-bond donors (Lipinski definition) is 1. The molecule has 2 rings (SSSR count). The van der Waals surface area contributed by atoms with Crippen molar-refractivity contribution < 1.29 is 9.47 Å². The molecule has 1 saturated heterocycles. The minimum atomic E-state index is 0.571. The molecule has 0 spiro atoms. The fourth-order valence-electron chi connectivity index (χ4n) is 2.52. The van der Waals surface area contributed by atoms with Gasteiger partial charge in [0.25, 0.3) is 0 Å². The molecule has 3 nitrogen and oxygen atoms in total. The van der Waals surface area contributed by atoms with Crippen molar-refractivity contribution in [1.82, 2.24) is 5.32 Å². The van der Waals surface area contributed by atoms with E-state index in [1.165, 1.54) is 5.56 Å². The third kappa shape index (κ3) is 2.75. The van der Waals surface area contributed by atoms with Crippen molar-refractivity contribution in [3.05, 3.63) is 17.7 Å². The van der Waals surface area contributed by atoms with Gasteiger partial charge in [-0.15, -0.1) is 11.8 Å². The van der Waals surface area contributed by atoms with Crippen molar-refractivity contribution in [2.45, 2.75) is 23.7 Å². The maximum absolute atomic E-state index is 5.62. The highest BCUT2D eigenvalue weighted by Crippen LogP contribution is 2.41. The molecule has 1 aliphatic rings. The van der Waals surface area contributed by atoms with Crippen LogP contribution in [0.2, 0.25) is 0 Å². The highest BCUT2D eigenvalue weighted by atomic mass is 32.2. The molecular formula is C14H21NO2S. The molecule has 1 heterocycles. The number of hydrogen-bond acceptors (Lipinski definition) is 4. The third-order valence-electron chi connectivity index (χ3n) is 3.50. The lowest BCUT2D eigenvalue weighted by atomic mass is 9.89. The summed E-state index contributed by atoms with van der Waals surface area (Å²) in [5.74, 6) is 2.52.